The number of aryl methyl sites for hydroxylation is 1. The van der Waals surface area contributed by atoms with E-state index in [1.54, 1.807) is 18.3 Å². The summed E-state index contributed by atoms with van der Waals surface area (Å²) in [6.45, 7) is 3.76. The number of anilines is 3. The average Bonchev–Trinajstić information content (AvgIpc) is 3.33. The highest BCUT2D eigenvalue weighted by Gasteiger charge is 2.08. The van der Waals surface area contributed by atoms with Gasteiger partial charge in [-0.2, -0.15) is 10.1 Å². The summed E-state index contributed by atoms with van der Waals surface area (Å²) in [7, 11) is 0. The van der Waals surface area contributed by atoms with Crippen LogP contribution in [0.25, 0.3) is 0 Å². The topological polar surface area (TPSA) is 157 Å². The molecule has 0 saturated heterocycles. The molecule has 0 saturated carbocycles. The molecule has 11 heteroatoms. The van der Waals surface area contributed by atoms with Crippen molar-refractivity contribution in [3.63, 3.8) is 0 Å². The molecule has 3 rings (SSSR count). The van der Waals surface area contributed by atoms with Crippen LogP contribution in [-0.2, 0) is 28.9 Å². The zero-order valence-electron chi connectivity index (χ0n) is 16.1. The van der Waals surface area contributed by atoms with E-state index in [-0.39, 0.29) is 6.42 Å². The van der Waals surface area contributed by atoms with Crippen LogP contribution in [0.3, 0.4) is 0 Å². The number of hydrogen-bond acceptors (Lipinski definition) is 9. The maximum absolute atomic E-state index is 10.9. The number of nitrogens with two attached hydrogens (primary N) is 1. The van der Waals surface area contributed by atoms with Gasteiger partial charge in [-0.15, -0.1) is 0 Å². The summed E-state index contributed by atoms with van der Waals surface area (Å²) >= 11 is 0. The smallest absolute Gasteiger partial charge is 0.224 e. The lowest BCUT2D eigenvalue weighted by Gasteiger charge is -2.05. The van der Waals surface area contributed by atoms with E-state index in [0.717, 1.165) is 31.7 Å². The lowest BCUT2D eigenvalue weighted by atomic mass is 10.2. The van der Waals surface area contributed by atoms with Crippen molar-refractivity contribution < 1.29 is 14.1 Å². The summed E-state index contributed by atoms with van der Waals surface area (Å²) in [6.07, 6.45) is 3.46. The summed E-state index contributed by atoms with van der Waals surface area (Å²) in [5.41, 5.74) is 6.65. The van der Waals surface area contributed by atoms with Crippen LogP contribution in [0.5, 0.6) is 0 Å². The first-order chi connectivity index (χ1) is 14.1. The van der Waals surface area contributed by atoms with Gasteiger partial charge in [0.2, 0.25) is 11.9 Å². The number of aromatic nitrogens is 5. The molecule has 1 amide bonds. The third kappa shape index (κ3) is 6.57. The van der Waals surface area contributed by atoms with Crippen molar-refractivity contribution in [3.8, 4) is 0 Å². The second-order valence-electron chi connectivity index (χ2n) is 6.25. The van der Waals surface area contributed by atoms with Gasteiger partial charge in [0.15, 0.2) is 11.6 Å². The fourth-order valence-electron chi connectivity index (χ4n) is 2.57. The van der Waals surface area contributed by atoms with E-state index in [1.807, 2.05) is 13.0 Å². The SMILES string of the molecule is CCOCCCc1cc(Nc2ccnc(NCc3cc(CC(N)=O)no3)n2)n[nH]1. The van der Waals surface area contributed by atoms with Gasteiger partial charge >= 0.3 is 0 Å². The Morgan fingerprint density at radius 1 is 1.34 bits per heavy atom. The van der Waals surface area contributed by atoms with E-state index in [1.165, 1.54) is 0 Å². The van der Waals surface area contributed by atoms with Crippen LogP contribution in [0.15, 0.2) is 28.9 Å². The van der Waals surface area contributed by atoms with Crippen LogP contribution in [0.1, 0.15) is 30.5 Å². The molecule has 3 aromatic heterocycles. The highest BCUT2D eigenvalue weighted by molar-refractivity contribution is 5.76. The molecule has 0 atom stereocenters. The molecule has 11 nitrogen and oxygen atoms in total. The molecule has 0 aromatic carbocycles. The Labute approximate surface area is 167 Å². The van der Waals surface area contributed by atoms with Crippen LogP contribution in [-0.4, -0.2) is 44.4 Å². The highest BCUT2D eigenvalue weighted by atomic mass is 16.5. The normalized spacial score (nSPS) is 10.8. The first-order valence-electron chi connectivity index (χ1n) is 9.31. The highest BCUT2D eigenvalue weighted by Crippen LogP contribution is 2.15. The van der Waals surface area contributed by atoms with Gasteiger partial charge in [-0.05, 0) is 25.8 Å². The minimum atomic E-state index is -0.462. The Morgan fingerprint density at radius 3 is 3.07 bits per heavy atom. The van der Waals surface area contributed by atoms with Crippen molar-refractivity contribution in [3.05, 3.63) is 41.5 Å². The number of H-pyrrole nitrogens is 1. The molecule has 29 heavy (non-hydrogen) atoms. The molecule has 0 unspecified atom stereocenters. The van der Waals surface area contributed by atoms with Gasteiger partial charge in [-0.3, -0.25) is 9.89 Å². The maximum atomic E-state index is 10.9. The number of hydrogen-bond donors (Lipinski definition) is 4. The van der Waals surface area contributed by atoms with Gasteiger partial charge in [0.05, 0.1) is 18.7 Å². The molecular formula is C18H24N8O3. The number of carbonyl (C=O) groups excluding carboxylic acids is 1. The first-order valence-corrected chi connectivity index (χ1v) is 9.31. The molecule has 3 heterocycles. The molecular weight excluding hydrogens is 376 g/mol. The fraction of sp³-hybridized carbons (Fsp3) is 0.389. The minimum Gasteiger partial charge on any atom is -0.382 e. The molecule has 0 aliphatic carbocycles. The molecule has 3 aromatic rings. The number of nitrogens with one attached hydrogen (secondary N) is 3. The molecule has 0 spiro atoms. The summed E-state index contributed by atoms with van der Waals surface area (Å²) in [4.78, 5) is 19.5. The number of ether oxygens (including phenoxy) is 1. The van der Waals surface area contributed by atoms with Crippen LogP contribution >= 0.6 is 0 Å². The predicted octanol–water partition coefficient (Wildman–Crippen LogP) is 1.54. The van der Waals surface area contributed by atoms with Crippen LogP contribution in [0.2, 0.25) is 0 Å². The van der Waals surface area contributed by atoms with Crippen molar-refractivity contribution in [1.29, 1.82) is 0 Å². The zero-order chi connectivity index (χ0) is 20.5. The summed E-state index contributed by atoms with van der Waals surface area (Å²) in [5, 5.41) is 17.2. The van der Waals surface area contributed by atoms with E-state index in [2.05, 4.69) is 36.0 Å². The van der Waals surface area contributed by atoms with Gasteiger partial charge in [-0.25, -0.2) is 4.98 Å². The largest absolute Gasteiger partial charge is 0.382 e. The van der Waals surface area contributed by atoms with E-state index < -0.39 is 5.91 Å². The van der Waals surface area contributed by atoms with Gasteiger partial charge < -0.3 is 25.6 Å². The van der Waals surface area contributed by atoms with E-state index >= 15 is 0 Å². The molecule has 0 fully saturated rings. The molecule has 0 aliphatic heterocycles. The number of aromatic amines is 1. The zero-order valence-corrected chi connectivity index (χ0v) is 16.1. The van der Waals surface area contributed by atoms with E-state index in [0.29, 0.717) is 35.6 Å². The van der Waals surface area contributed by atoms with Crippen molar-refractivity contribution in [2.75, 3.05) is 23.8 Å². The Bertz CT molecular complexity index is 923. The number of primary amides is 1. The third-order valence-corrected chi connectivity index (χ3v) is 3.87. The second-order valence-corrected chi connectivity index (χ2v) is 6.25. The molecule has 154 valence electrons. The summed E-state index contributed by atoms with van der Waals surface area (Å²) in [5.74, 6) is 1.77. The number of nitrogens with zero attached hydrogens (tertiary/aromatic N) is 4. The Hall–Kier alpha value is -3.47. The van der Waals surface area contributed by atoms with E-state index in [4.69, 9.17) is 15.0 Å². The fourth-order valence-corrected chi connectivity index (χ4v) is 2.57. The van der Waals surface area contributed by atoms with Crippen LogP contribution < -0.4 is 16.4 Å². The van der Waals surface area contributed by atoms with Gasteiger partial charge in [-0.1, -0.05) is 5.16 Å². The van der Waals surface area contributed by atoms with Crippen molar-refractivity contribution >= 4 is 23.5 Å². The quantitative estimate of drug-likeness (QED) is 0.331. The summed E-state index contributed by atoms with van der Waals surface area (Å²) in [6, 6.07) is 5.35. The lowest BCUT2D eigenvalue weighted by molar-refractivity contribution is -0.117. The maximum Gasteiger partial charge on any atom is 0.224 e. The molecule has 0 aliphatic rings. The number of amides is 1. The predicted molar refractivity (Wildman–Crippen MR) is 105 cm³/mol. The van der Waals surface area contributed by atoms with Gasteiger partial charge in [0, 0.05) is 37.2 Å². The summed E-state index contributed by atoms with van der Waals surface area (Å²) < 4.78 is 10.5. The Morgan fingerprint density at radius 2 is 2.24 bits per heavy atom. The number of rotatable bonds is 12. The number of carbonyl (C=O) groups is 1. The first kappa shape index (κ1) is 20.3. The monoisotopic (exact) mass is 400 g/mol. The van der Waals surface area contributed by atoms with Crippen molar-refractivity contribution in [2.24, 2.45) is 5.73 Å². The standard InChI is InChI=1S/C18H24N8O3/c1-2-28-7-3-4-12-10-17(25-24-12)22-16-5-6-20-18(23-16)21-11-14-8-13(26-29-14)9-15(19)27/h5-6,8,10H,2-4,7,9,11H2,1H3,(H2,19,27)(H3,20,21,22,23,24,25). The van der Waals surface area contributed by atoms with Crippen LogP contribution in [0.4, 0.5) is 17.6 Å². The van der Waals surface area contributed by atoms with Crippen LogP contribution in [0, 0.1) is 0 Å². The second kappa shape index (κ2) is 10.2. The van der Waals surface area contributed by atoms with Crippen molar-refractivity contribution in [2.45, 2.75) is 32.7 Å². The molecule has 0 radical (unpaired) electrons. The average molecular weight is 400 g/mol. The lowest BCUT2D eigenvalue weighted by Crippen LogP contribution is -2.13. The van der Waals surface area contributed by atoms with Crippen molar-refractivity contribution in [1.82, 2.24) is 25.3 Å². The Balaban J connectivity index is 1.51. The Kier molecular flexibility index (Phi) is 7.11. The molecule has 0 bridgehead atoms. The van der Waals surface area contributed by atoms with Gasteiger partial charge in [0.1, 0.15) is 5.82 Å². The minimum absolute atomic E-state index is 0.0384. The van der Waals surface area contributed by atoms with E-state index in [9.17, 15) is 4.79 Å². The third-order valence-electron chi connectivity index (χ3n) is 3.87. The van der Waals surface area contributed by atoms with Gasteiger partial charge in [0.25, 0.3) is 0 Å². The molecule has 5 N–H and O–H groups in total.